The summed E-state index contributed by atoms with van der Waals surface area (Å²) >= 11 is 0. The minimum Gasteiger partial charge on any atom is -0.462 e. The summed E-state index contributed by atoms with van der Waals surface area (Å²) in [5.41, 5.74) is 9.66. The third kappa shape index (κ3) is 4.82. The number of carbonyl (C=O) groups excluding carboxylic acids is 2. The van der Waals surface area contributed by atoms with Crippen molar-refractivity contribution in [2.75, 3.05) is 11.9 Å². The van der Waals surface area contributed by atoms with Crippen LogP contribution in [0.3, 0.4) is 0 Å². The van der Waals surface area contributed by atoms with Gasteiger partial charge in [0.15, 0.2) is 0 Å². The summed E-state index contributed by atoms with van der Waals surface area (Å²) < 4.78 is 10.3. The Labute approximate surface area is 172 Å². The molecule has 2 radical (unpaired) electrons. The summed E-state index contributed by atoms with van der Waals surface area (Å²) in [4.78, 5) is 37.1. The standard InChI is InChI=1S/C23H18N2O5/c1-2-29-22(27)17-14-19(25-21(26)16-9-4-3-5-10-16)23(28)30-20(17)13-12-15-8-6-7-11-18(15)24/h3-14H,2H2,1H3,(H,25,26)/b13-12+. The quantitative estimate of drug-likeness (QED) is 0.628. The second-order valence-electron chi connectivity index (χ2n) is 6.16. The molecule has 0 bridgehead atoms. The Hall–Kier alpha value is -4.13. The summed E-state index contributed by atoms with van der Waals surface area (Å²) in [6.07, 6.45) is 2.88. The van der Waals surface area contributed by atoms with Crippen LogP contribution in [-0.4, -0.2) is 18.5 Å². The Morgan fingerprint density at radius 1 is 1.07 bits per heavy atom. The lowest BCUT2D eigenvalue weighted by atomic mass is 10.1. The zero-order valence-corrected chi connectivity index (χ0v) is 16.1. The number of carbonyl (C=O) groups is 2. The Bertz CT molecular complexity index is 1150. The van der Waals surface area contributed by atoms with Gasteiger partial charge in [-0.3, -0.25) is 4.79 Å². The first-order chi connectivity index (χ1) is 14.5. The van der Waals surface area contributed by atoms with Crippen LogP contribution in [0.25, 0.3) is 12.2 Å². The lowest BCUT2D eigenvalue weighted by Gasteiger charge is -2.09. The molecule has 0 aliphatic rings. The molecule has 0 spiro atoms. The van der Waals surface area contributed by atoms with Crippen molar-refractivity contribution in [3.63, 3.8) is 0 Å². The predicted octanol–water partition coefficient (Wildman–Crippen LogP) is 3.94. The zero-order chi connectivity index (χ0) is 21.5. The van der Waals surface area contributed by atoms with E-state index in [0.29, 0.717) is 11.1 Å². The van der Waals surface area contributed by atoms with Gasteiger partial charge in [0.25, 0.3) is 5.91 Å². The minimum absolute atomic E-state index is 0.0283. The highest BCUT2D eigenvalue weighted by Crippen LogP contribution is 2.20. The second-order valence-corrected chi connectivity index (χ2v) is 6.16. The van der Waals surface area contributed by atoms with Gasteiger partial charge in [0, 0.05) is 11.1 Å². The van der Waals surface area contributed by atoms with E-state index in [4.69, 9.17) is 9.15 Å². The highest BCUT2D eigenvalue weighted by molar-refractivity contribution is 6.05. The fourth-order valence-electron chi connectivity index (χ4n) is 2.64. The molecule has 1 N–H and O–H groups in total. The number of esters is 1. The number of rotatable bonds is 6. The number of amides is 1. The molecule has 150 valence electrons. The number of benzene rings is 2. The molecule has 0 unspecified atom stereocenters. The maximum Gasteiger partial charge on any atom is 0.360 e. The molecule has 3 aromatic rings. The molecule has 1 aromatic heterocycles. The first kappa shape index (κ1) is 20.6. The summed E-state index contributed by atoms with van der Waals surface area (Å²) in [6.45, 7) is 1.76. The monoisotopic (exact) mass is 402 g/mol. The largest absolute Gasteiger partial charge is 0.462 e. The van der Waals surface area contributed by atoms with Gasteiger partial charge in [0.1, 0.15) is 17.0 Å². The Kier molecular flexibility index (Phi) is 6.44. The van der Waals surface area contributed by atoms with E-state index in [1.54, 1.807) is 55.5 Å². The average molecular weight is 402 g/mol. The molecule has 7 heteroatoms. The SMILES string of the molecule is CCOC(=O)c1cc(NC(=O)c2ccccc2)c(=O)oc1/C=C/c1ccccc1[N]. The molecule has 1 amide bonds. The highest BCUT2D eigenvalue weighted by Gasteiger charge is 2.19. The normalized spacial score (nSPS) is 10.7. The molecule has 0 aliphatic heterocycles. The molecule has 3 rings (SSSR count). The van der Waals surface area contributed by atoms with Crippen LogP contribution in [-0.2, 0) is 4.74 Å². The number of hydrogen-bond donors (Lipinski definition) is 1. The Morgan fingerprint density at radius 3 is 2.47 bits per heavy atom. The van der Waals surface area contributed by atoms with Gasteiger partial charge in [-0.25, -0.2) is 9.59 Å². The van der Waals surface area contributed by atoms with Gasteiger partial charge in [0.2, 0.25) is 0 Å². The molecule has 0 saturated carbocycles. The van der Waals surface area contributed by atoms with E-state index < -0.39 is 17.5 Å². The van der Waals surface area contributed by atoms with Crippen molar-refractivity contribution in [2.45, 2.75) is 6.92 Å². The van der Waals surface area contributed by atoms with Crippen LogP contribution < -0.4 is 16.7 Å². The lowest BCUT2D eigenvalue weighted by molar-refractivity contribution is 0.0522. The van der Waals surface area contributed by atoms with Crippen molar-refractivity contribution in [3.05, 3.63) is 93.5 Å². The van der Waals surface area contributed by atoms with E-state index in [2.05, 4.69) is 5.32 Å². The predicted molar refractivity (Wildman–Crippen MR) is 112 cm³/mol. The van der Waals surface area contributed by atoms with E-state index in [1.807, 2.05) is 0 Å². The van der Waals surface area contributed by atoms with E-state index in [1.165, 1.54) is 24.3 Å². The van der Waals surface area contributed by atoms with E-state index in [-0.39, 0.29) is 29.3 Å². The Morgan fingerprint density at radius 2 is 1.77 bits per heavy atom. The molecule has 0 saturated heterocycles. The van der Waals surface area contributed by atoms with Crippen molar-refractivity contribution < 1.29 is 18.7 Å². The Balaban J connectivity index is 1.98. The highest BCUT2D eigenvalue weighted by atomic mass is 16.5. The van der Waals surface area contributed by atoms with Gasteiger partial charge < -0.3 is 14.5 Å². The number of anilines is 1. The molecule has 1 heterocycles. The minimum atomic E-state index is -0.829. The number of nitrogens with one attached hydrogen (secondary N) is 1. The molecular formula is C23H18N2O5. The maximum atomic E-state index is 12.4. The number of nitrogens with zero attached hydrogens (tertiary/aromatic N) is 1. The topological polar surface area (TPSA) is 108 Å². The molecule has 30 heavy (non-hydrogen) atoms. The third-order valence-electron chi connectivity index (χ3n) is 4.11. The van der Waals surface area contributed by atoms with Gasteiger partial charge in [-0.15, -0.1) is 5.73 Å². The van der Waals surface area contributed by atoms with Gasteiger partial charge in [0.05, 0.1) is 12.3 Å². The van der Waals surface area contributed by atoms with E-state index in [9.17, 15) is 20.1 Å². The summed E-state index contributed by atoms with van der Waals surface area (Å²) in [5, 5.41) is 2.46. The van der Waals surface area contributed by atoms with Crippen LogP contribution in [0.1, 0.15) is 39.0 Å². The average Bonchev–Trinajstić information content (AvgIpc) is 2.75. The molecule has 0 aliphatic carbocycles. The van der Waals surface area contributed by atoms with E-state index in [0.717, 1.165) is 0 Å². The zero-order valence-electron chi connectivity index (χ0n) is 16.1. The molecule has 7 nitrogen and oxygen atoms in total. The van der Waals surface area contributed by atoms with Gasteiger partial charge in [-0.05, 0) is 43.3 Å². The smallest absolute Gasteiger partial charge is 0.360 e. The van der Waals surface area contributed by atoms with Crippen molar-refractivity contribution in [3.8, 4) is 0 Å². The number of ether oxygens (including phenoxy) is 1. The molecular weight excluding hydrogens is 384 g/mol. The van der Waals surface area contributed by atoms with Crippen molar-refractivity contribution in [2.24, 2.45) is 0 Å². The summed E-state index contributed by atoms with van der Waals surface area (Å²) in [5.74, 6) is -1.29. The fraction of sp³-hybridized carbons (Fsp3) is 0.0870. The summed E-state index contributed by atoms with van der Waals surface area (Å²) in [6, 6.07) is 16.1. The lowest BCUT2D eigenvalue weighted by Crippen LogP contribution is -2.20. The fourth-order valence-corrected chi connectivity index (χ4v) is 2.64. The maximum absolute atomic E-state index is 12.4. The van der Waals surface area contributed by atoms with Crippen LogP contribution in [0.4, 0.5) is 11.4 Å². The van der Waals surface area contributed by atoms with Crippen LogP contribution >= 0.6 is 0 Å². The second kappa shape index (κ2) is 9.38. The first-order valence-electron chi connectivity index (χ1n) is 9.17. The van der Waals surface area contributed by atoms with Crippen LogP contribution in [0.5, 0.6) is 0 Å². The van der Waals surface area contributed by atoms with Crippen LogP contribution in [0.2, 0.25) is 0 Å². The van der Waals surface area contributed by atoms with E-state index >= 15 is 0 Å². The molecule has 0 fully saturated rings. The number of hydrogen-bond acceptors (Lipinski definition) is 5. The van der Waals surface area contributed by atoms with Crippen molar-refractivity contribution >= 4 is 35.4 Å². The molecule has 2 aromatic carbocycles. The van der Waals surface area contributed by atoms with Gasteiger partial charge in [-0.1, -0.05) is 36.4 Å². The van der Waals surface area contributed by atoms with Crippen molar-refractivity contribution in [1.82, 2.24) is 5.73 Å². The van der Waals surface area contributed by atoms with Crippen LogP contribution in [0.15, 0.2) is 69.9 Å². The van der Waals surface area contributed by atoms with Gasteiger partial charge >= 0.3 is 11.6 Å². The van der Waals surface area contributed by atoms with Gasteiger partial charge in [-0.2, -0.15) is 0 Å². The summed E-state index contributed by atoms with van der Waals surface area (Å²) in [7, 11) is 0. The van der Waals surface area contributed by atoms with Crippen LogP contribution in [0, 0.1) is 0 Å². The molecule has 0 atom stereocenters. The first-order valence-corrected chi connectivity index (χ1v) is 9.17. The third-order valence-corrected chi connectivity index (χ3v) is 4.11. The van der Waals surface area contributed by atoms with Crippen molar-refractivity contribution in [1.29, 1.82) is 0 Å².